The molecule has 28 heavy (non-hydrogen) atoms. The molecular weight excluding hydrogens is 370 g/mol. The maximum Gasteiger partial charge on any atom is 0.241 e. The minimum Gasteiger partial charge on any atom is -0.481 e. The molecule has 2 rings (SSSR count). The van der Waals surface area contributed by atoms with Crippen molar-refractivity contribution < 1.29 is 13.2 Å². The molecule has 0 radical (unpaired) electrons. The van der Waals surface area contributed by atoms with Crippen molar-refractivity contribution in [1.82, 2.24) is 4.72 Å². The Labute approximate surface area is 168 Å². The van der Waals surface area contributed by atoms with Crippen LogP contribution in [-0.4, -0.2) is 21.6 Å². The fourth-order valence-electron chi connectivity index (χ4n) is 2.54. The lowest BCUT2D eigenvalue weighted by Gasteiger charge is -2.19. The number of allylic oxidation sites excluding steroid dienone is 1. The Morgan fingerprint density at radius 3 is 2.39 bits per heavy atom. The van der Waals surface area contributed by atoms with E-state index >= 15 is 0 Å². The molecule has 0 aromatic heterocycles. The van der Waals surface area contributed by atoms with Gasteiger partial charge in [-0.25, -0.2) is 8.42 Å². The quantitative estimate of drug-likeness (QED) is 0.566. The third-order valence-electron chi connectivity index (χ3n) is 4.14. The highest BCUT2D eigenvalue weighted by Crippen LogP contribution is 2.23. The first kappa shape index (κ1) is 21.7. The molecule has 0 heterocycles. The maximum atomic E-state index is 12.3. The van der Waals surface area contributed by atoms with Crippen molar-refractivity contribution in [3.63, 3.8) is 0 Å². The van der Waals surface area contributed by atoms with Gasteiger partial charge in [0.25, 0.3) is 0 Å². The number of nitrogens with one attached hydrogen (secondary N) is 1. The van der Waals surface area contributed by atoms with Crippen molar-refractivity contribution in [1.29, 1.82) is 0 Å². The first-order chi connectivity index (χ1) is 13.2. The molecule has 0 unspecified atom stereocenters. The van der Waals surface area contributed by atoms with Crippen molar-refractivity contribution >= 4 is 10.0 Å². The molecule has 5 heteroatoms. The molecule has 1 N–H and O–H groups in total. The molecule has 2 aromatic carbocycles. The summed E-state index contributed by atoms with van der Waals surface area (Å²) in [5.74, 6) is 6.37. The van der Waals surface area contributed by atoms with Gasteiger partial charge in [-0.05, 0) is 41.2 Å². The van der Waals surface area contributed by atoms with Crippen molar-refractivity contribution in [3.8, 4) is 17.6 Å². The number of hydrogen-bond donors (Lipinski definition) is 1. The summed E-state index contributed by atoms with van der Waals surface area (Å²) in [5.41, 5.74) is 2.10. The van der Waals surface area contributed by atoms with Crippen LogP contribution in [0.3, 0.4) is 0 Å². The summed E-state index contributed by atoms with van der Waals surface area (Å²) < 4.78 is 32.8. The predicted molar refractivity (Wildman–Crippen MR) is 114 cm³/mol. The normalized spacial score (nSPS) is 11.4. The first-order valence-corrected chi connectivity index (χ1v) is 10.6. The van der Waals surface area contributed by atoms with Gasteiger partial charge in [0, 0.05) is 0 Å². The van der Waals surface area contributed by atoms with Gasteiger partial charge in [-0.3, -0.25) is 0 Å². The summed E-state index contributed by atoms with van der Waals surface area (Å²) >= 11 is 0. The number of benzene rings is 2. The molecule has 0 aliphatic rings. The van der Waals surface area contributed by atoms with Crippen LogP contribution >= 0.6 is 0 Å². The van der Waals surface area contributed by atoms with Crippen molar-refractivity contribution in [2.75, 3.05) is 13.2 Å². The largest absolute Gasteiger partial charge is 0.481 e. The van der Waals surface area contributed by atoms with Crippen LogP contribution in [0.2, 0.25) is 0 Å². The zero-order valence-electron chi connectivity index (χ0n) is 16.7. The fourth-order valence-corrected chi connectivity index (χ4v) is 3.47. The molecule has 4 nitrogen and oxygen atoms in total. The second-order valence-electron chi connectivity index (χ2n) is 7.34. The summed E-state index contributed by atoms with van der Waals surface area (Å²) in [4.78, 5) is 0.233. The minimum atomic E-state index is -3.58. The highest BCUT2D eigenvalue weighted by atomic mass is 32.2. The molecule has 0 aliphatic heterocycles. The van der Waals surface area contributed by atoms with Gasteiger partial charge in [-0.15, -0.1) is 6.58 Å². The second-order valence-corrected chi connectivity index (χ2v) is 9.11. The van der Waals surface area contributed by atoms with Gasteiger partial charge in [-0.2, -0.15) is 4.72 Å². The summed E-state index contributed by atoms with van der Waals surface area (Å²) in [6, 6.07) is 14.6. The van der Waals surface area contributed by atoms with E-state index in [1.165, 1.54) is 0 Å². The van der Waals surface area contributed by atoms with Crippen molar-refractivity contribution in [2.24, 2.45) is 0 Å². The lowest BCUT2D eigenvalue weighted by molar-refractivity contribution is 0.366. The van der Waals surface area contributed by atoms with Crippen LogP contribution in [0.1, 0.15) is 31.9 Å². The molecule has 0 saturated carbocycles. The van der Waals surface area contributed by atoms with E-state index < -0.39 is 10.0 Å². The second kappa shape index (κ2) is 9.59. The standard InChI is InChI=1S/C23H27NO3S/c1-5-10-19-11-6-7-12-22(19)27-18-9-8-17-24-28(25,26)21-15-13-20(14-16-21)23(2,3)4/h5-7,11-16,24H,1,10,17-18H2,2-4H3. The SMILES string of the molecule is C=CCc1ccccc1OCC#CCNS(=O)(=O)c1ccc(C(C)(C)C)cc1. The van der Waals surface area contributed by atoms with E-state index in [-0.39, 0.29) is 23.5 Å². The van der Waals surface area contributed by atoms with E-state index in [0.29, 0.717) is 0 Å². The highest BCUT2D eigenvalue weighted by Gasteiger charge is 2.16. The monoisotopic (exact) mass is 397 g/mol. The molecule has 0 spiro atoms. The van der Waals surface area contributed by atoms with Gasteiger partial charge in [0.15, 0.2) is 0 Å². The number of ether oxygens (including phenoxy) is 1. The van der Waals surface area contributed by atoms with Crippen LogP contribution < -0.4 is 9.46 Å². The Bertz CT molecular complexity index is 959. The molecule has 2 aromatic rings. The Kier molecular flexibility index (Phi) is 7.45. The van der Waals surface area contributed by atoms with Gasteiger partial charge < -0.3 is 4.74 Å². The molecule has 0 fully saturated rings. The molecule has 0 bridgehead atoms. The Balaban J connectivity index is 1.89. The Hall–Kier alpha value is -2.55. The summed E-state index contributed by atoms with van der Waals surface area (Å²) in [5, 5.41) is 0. The third-order valence-corrected chi connectivity index (χ3v) is 5.56. The average molecular weight is 398 g/mol. The van der Waals surface area contributed by atoms with E-state index in [1.54, 1.807) is 12.1 Å². The summed E-state index contributed by atoms with van der Waals surface area (Å²) in [7, 11) is -3.58. The van der Waals surface area contributed by atoms with Crippen LogP contribution in [-0.2, 0) is 21.9 Å². The average Bonchev–Trinajstić information content (AvgIpc) is 2.65. The van der Waals surface area contributed by atoms with E-state index in [1.807, 2.05) is 42.5 Å². The Morgan fingerprint density at radius 2 is 1.75 bits per heavy atom. The molecule has 0 amide bonds. The van der Waals surface area contributed by atoms with Gasteiger partial charge in [0.1, 0.15) is 12.4 Å². The van der Waals surface area contributed by atoms with Crippen molar-refractivity contribution in [2.45, 2.75) is 37.5 Å². The lowest BCUT2D eigenvalue weighted by atomic mass is 9.87. The number of sulfonamides is 1. The zero-order valence-corrected chi connectivity index (χ0v) is 17.5. The lowest BCUT2D eigenvalue weighted by Crippen LogP contribution is -2.24. The van der Waals surface area contributed by atoms with Gasteiger partial charge >= 0.3 is 0 Å². The molecule has 0 atom stereocenters. The molecule has 0 aliphatic carbocycles. The third kappa shape index (κ3) is 6.26. The van der Waals surface area contributed by atoms with E-state index in [2.05, 4.69) is 43.9 Å². The smallest absolute Gasteiger partial charge is 0.241 e. The topological polar surface area (TPSA) is 55.4 Å². The fraction of sp³-hybridized carbons (Fsp3) is 0.304. The molecule has 0 saturated heterocycles. The van der Waals surface area contributed by atoms with E-state index in [9.17, 15) is 8.42 Å². The minimum absolute atomic E-state index is 0.0223. The van der Waals surface area contributed by atoms with E-state index in [0.717, 1.165) is 23.3 Å². The number of para-hydroxylation sites is 1. The van der Waals surface area contributed by atoms with Crippen LogP contribution in [0.15, 0.2) is 66.1 Å². The van der Waals surface area contributed by atoms with Gasteiger partial charge in [0.05, 0.1) is 11.4 Å². The first-order valence-electron chi connectivity index (χ1n) is 9.11. The van der Waals surface area contributed by atoms with Crippen LogP contribution in [0, 0.1) is 11.8 Å². The number of rotatable bonds is 7. The molecular formula is C23H27NO3S. The van der Waals surface area contributed by atoms with Gasteiger partial charge in [-0.1, -0.05) is 69.0 Å². The highest BCUT2D eigenvalue weighted by molar-refractivity contribution is 7.89. The Morgan fingerprint density at radius 1 is 1.07 bits per heavy atom. The van der Waals surface area contributed by atoms with E-state index in [4.69, 9.17) is 4.74 Å². The number of hydrogen-bond acceptors (Lipinski definition) is 3. The predicted octanol–water partition coefficient (Wildman–Crippen LogP) is 4.07. The summed E-state index contributed by atoms with van der Waals surface area (Å²) in [6.45, 7) is 10.2. The molecule has 148 valence electrons. The van der Waals surface area contributed by atoms with Gasteiger partial charge in [0.2, 0.25) is 10.0 Å². The van der Waals surface area contributed by atoms with Crippen molar-refractivity contribution in [3.05, 3.63) is 72.3 Å². The zero-order chi connectivity index (χ0) is 20.6. The van der Waals surface area contributed by atoms with Crippen LogP contribution in [0.4, 0.5) is 0 Å². The van der Waals surface area contributed by atoms with Crippen LogP contribution in [0.25, 0.3) is 0 Å². The van der Waals surface area contributed by atoms with Crippen LogP contribution in [0.5, 0.6) is 5.75 Å². The maximum absolute atomic E-state index is 12.3. The summed E-state index contributed by atoms with van der Waals surface area (Å²) in [6.07, 6.45) is 2.54.